The number of aryl methyl sites for hydroxylation is 1. The number of carbonyl (C=O) groups is 6. The maximum Gasteiger partial charge on any atom is 0.339 e. The molecule has 696 valence electrons. The normalized spacial score (nSPS) is 10.5. The van der Waals surface area contributed by atoms with Gasteiger partial charge in [-0.05, 0) is 206 Å². The number of halogens is 1. The molecule has 135 heavy (non-hydrogen) atoms. The molecular weight excluding hydrogens is 1790 g/mol. The molecule has 0 saturated carbocycles. The molecule has 5 amide bonds. The predicted octanol–water partition coefficient (Wildman–Crippen LogP) is 20.5. The number of carbonyl (C=O) groups excluding carboxylic acids is 6. The van der Waals surface area contributed by atoms with Crippen LogP contribution in [0.2, 0.25) is 5.02 Å². The lowest BCUT2D eigenvalue weighted by Gasteiger charge is -2.14. The molecule has 0 bridgehead atoms. The Morgan fingerprint density at radius 1 is 0.504 bits per heavy atom. The van der Waals surface area contributed by atoms with Crippen molar-refractivity contribution in [3.05, 3.63) is 348 Å². The first-order chi connectivity index (χ1) is 64.0. The van der Waals surface area contributed by atoms with Crippen LogP contribution in [0.25, 0.3) is 65.2 Å². The van der Waals surface area contributed by atoms with Crippen LogP contribution >= 0.6 is 46.0 Å². The number of para-hydroxylation sites is 4. The second-order valence-electron chi connectivity index (χ2n) is 28.8. The zero-order valence-corrected chi connectivity index (χ0v) is 76.4. The first-order valence-corrected chi connectivity index (χ1v) is 44.3. The van der Waals surface area contributed by atoms with Crippen molar-refractivity contribution in [2.24, 2.45) is 7.05 Å². The van der Waals surface area contributed by atoms with Gasteiger partial charge >= 0.3 is 5.97 Å². The van der Waals surface area contributed by atoms with Crippen molar-refractivity contribution in [1.29, 1.82) is 0 Å². The van der Waals surface area contributed by atoms with Crippen LogP contribution in [0.1, 0.15) is 63.3 Å². The Balaban J connectivity index is 0.000000182. The number of aromatic nitrogens is 8. The SMILES string of the molecule is C.C.C.CC(Oc1ccccc1)C(=O)Nc1ccc(Cl)cc1.CCn1c(SCC(=O)Nc2ccc(OC)cc2)nc2ccsc2c1=O.COC(=O)c1c(C)c(=O)[nH]c2ccccc12.COc1ccc(NC(=O)Cc2cccc3ccccc23)cc1.COc1ccc(NC(=O)Cc2nn(C)c(=O)c3ccccc23)cc1.COc1ccc(NC(=O)Cn2c(-c3cscn3)nc3ccccc32)cc1. The molecule has 28 nitrogen and oxygen atoms in total. The summed E-state index contributed by atoms with van der Waals surface area (Å²) in [5.74, 6) is 3.30. The Kier molecular flexibility index (Phi) is 38.8. The molecule has 32 heteroatoms. The number of esters is 1. The number of H-pyrrole nitrogens is 1. The van der Waals surface area contributed by atoms with E-state index >= 15 is 0 Å². The van der Waals surface area contributed by atoms with Crippen LogP contribution in [0.5, 0.6) is 28.7 Å². The van der Waals surface area contributed by atoms with Gasteiger partial charge in [0.25, 0.3) is 22.6 Å². The Bertz CT molecular complexity index is 7040. The van der Waals surface area contributed by atoms with Crippen LogP contribution in [-0.4, -0.2) is 122 Å². The zero-order valence-electron chi connectivity index (χ0n) is 73.2. The van der Waals surface area contributed by atoms with Crippen molar-refractivity contribution in [2.75, 3.05) is 67.9 Å². The molecule has 6 N–H and O–H groups in total. The second kappa shape index (κ2) is 50.7. The highest BCUT2D eigenvalue weighted by Crippen LogP contribution is 2.29. The molecular formula is C103H104ClN13O15S3. The van der Waals surface area contributed by atoms with Gasteiger partial charge in [0.2, 0.25) is 23.6 Å². The quantitative estimate of drug-likeness (QED) is 0.0186. The smallest absolute Gasteiger partial charge is 0.339 e. The van der Waals surface area contributed by atoms with Crippen molar-refractivity contribution < 1.29 is 57.2 Å². The number of pyridine rings is 1. The maximum atomic E-state index is 12.6. The molecule has 6 aromatic heterocycles. The number of thiophene rings is 1. The van der Waals surface area contributed by atoms with Gasteiger partial charge in [0, 0.05) is 74.3 Å². The molecule has 1 atom stereocenters. The second-order valence-corrected chi connectivity index (χ2v) is 31.8. The van der Waals surface area contributed by atoms with E-state index in [1.807, 2.05) is 174 Å². The van der Waals surface area contributed by atoms with Gasteiger partial charge < -0.3 is 64.6 Å². The van der Waals surface area contributed by atoms with E-state index < -0.39 is 12.1 Å². The highest BCUT2D eigenvalue weighted by atomic mass is 35.5. The van der Waals surface area contributed by atoms with E-state index in [2.05, 4.69) is 68.5 Å². The Hall–Kier alpha value is -15.6. The number of amides is 5. The monoisotopic (exact) mass is 1890 g/mol. The van der Waals surface area contributed by atoms with E-state index in [4.69, 9.17) is 35.3 Å². The number of hydrogen-bond donors (Lipinski definition) is 6. The summed E-state index contributed by atoms with van der Waals surface area (Å²) in [6, 6.07) is 83.0. The molecule has 0 saturated heterocycles. The topological polar surface area (TPSA) is 351 Å². The van der Waals surface area contributed by atoms with E-state index in [1.54, 1.807) is 169 Å². The third kappa shape index (κ3) is 28.2. The zero-order chi connectivity index (χ0) is 93.6. The Morgan fingerprint density at radius 2 is 1.01 bits per heavy atom. The Morgan fingerprint density at radius 3 is 1.58 bits per heavy atom. The summed E-state index contributed by atoms with van der Waals surface area (Å²) >= 11 is 9.93. The predicted molar refractivity (Wildman–Crippen MR) is 543 cm³/mol. The van der Waals surface area contributed by atoms with Crippen LogP contribution in [0.4, 0.5) is 28.4 Å². The number of aromatic amines is 1. The van der Waals surface area contributed by atoms with E-state index in [1.165, 1.54) is 46.2 Å². The van der Waals surface area contributed by atoms with Crippen LogP contribution in [0.3, 0.4) is 0 Å². The van der Waals surface area contributed by atoms with Gasteiger partial charge in [-0.3, -0.25) is 42.9 Å². The minimum absolute atomic E-state index is 0. The van der Waals surface area contributed by atoms with Crippen LogP contribution in [0.15, 0.2) is 309 Å². The average Bonchev–Trinajstić information content (AvgIpc) is 1.77. The first-order valence-electron chi connectivity index (χ1n) is 41.1. The lowest BCUT2D eigenvalue weighted by atomic mass is 10.0. The molecule has 6 heterocycles. The lowest BCUT2D eigenvalue weighted by molar-refractivity contribution is -0.122. The molecule has 0 aliphatic rings. The van der Waals surface area contributed by atoms with Gasteiger partial charge in [-0.1, -0.05) is 155 Å². The Labute approximate surface area is 797 Å². The molecule has 1 unspecified atom stereocenters. The number of benzene rings is 11. The minimum Gasteiger partial charge on any atom is -0.497 e. The first kappa shape index (κ1) is 103. The van der Waals surface area contributed by atoms with E-state index in [9.17, 15) is 43.2 Å². The number of anilines is 5. The lowest BCUT2D eigenvalue weighted by Crippen LogP contribution is -2.30. The van der Waals surface area contributed by atoms with Gasteiger partial charge in [-0.25, -0.2) is 24.4 Å². The fraction of sp³-hybridized carbons (Fsp3) is 0.175. The van der Waals surface area contributed by atoms with Gasteiger partial charge in [0.1, 0.15) is 45.7 Å². The standard InChI is InChI=1S/C19H16N4O2S.C19H17NO2.C18H17N3O3.C17H17N3O3S2.C15H14ClNO2.C12H11NO3.3CH4/c1-25-14-8-6-13(7-9-14)21-18(24)10-23-17-5-3-2-4-15(17)22-19(23)16-11-26-12-20-16;1-22-17-11-9-16(10-12-17)20-19(21)13-15-7-4-6-14-5-2-3-8-18(14)15;1-21-18(23)15-6-4-3-5-14(15)16(20-21)11-17(22)19-12-7-9-13(24-2)10-8-12;1-3-20-16(22)15-13(8-9-24-15)19-17(20)25-10-14(21)18-11-4-6-12(23-2)7-5-11;1-11(19-14-5-3-2-4-6-14)15(18)17-13-9-7-12(16)8-10-13;1-7-10(12(15)16-2)8-5-3-4-6-9(8)13-11(7)14;;;/h2-9,11-12H,10H2,1H3,(H,21,24);2-12H,13H2,1H3,(H,20,21);3-10H,11H2,1-2H3,(H,19,22);4-9H,3,10H2,1-2H3,(H,18,21);2-11H,1H3,(H,17,18);3-6H,1-2H3,(H,13,14);3*1H4. The summed E-state index contributed by atoms with van der Waals surface area (Å²) in [6.07, 6.45) is -0.133. The van der Waals surface area contributed by atoms with E-state index in [0.29, 0.717) is 100 Å². The van der Waals surface area contributed by atoms with Crippen LogP contribution < -0.4 is 66.9 Å². The third-order valence-electron chi connectivity index (χ3n) is 20.0. The molecule has 0 aliphatic heterocycles. The average molecular weight is 1900 g/mol. The van der Waals surface area contributed by atoms with E-state index in [-0.39, 0.29) is 87.2 Å². The highest BCUT2D eigenvalue weighted by Gasteiger charge is 2.22. The molecule has 17 rings (SSSR count). The minimum atomic E-state index is -0.571. The van der Waals surface area contributed by atoms with Crippen molar-refractivity contribution in [1.82, 2.24) is 38.9 Å². The summed E-state index contributed by atoms with van der Waals surface area (Å²) in [6.45, 7) is 5.88. The van der Waals surface area contributed by atoms with Crippen molar-refractivity contribution in [2.45, 2.75) is 80.2 Å². The molecule has 0 radical (unpaired) electrons. The molecule has 0 fully saturated rings. The van der Waals surface area contributed by atoms with Gasteiger partial charge in [-0.2, -0.15) is 5.10 Å². The number of rotatable bonds is 24. The summed E-state index contributed by atoms with van der Waals surface area (Å²) in [4.78, 5) is 125. The van der Waals surface area contributed by atoms with Crippen molar-refractivity contribution in [3.8, 4) is 40.3 Å². The number of nitrogens with one attached hydrogen (secondary N) is 6. The maximum absolute atomic E-state index is 12.6. The number of fused-ring (bicyclic) bond motifs is 5. The van der Waals surface area contributed by atoms with Crippen molar-refractivity contribution >= 4 is 164 Å². The fourth-order valence-electron chi connectivity index (χ4n) is 13.4. The van der Waals surface area contributed by atoms with Crippen LogP contribution in [0, 0.1) is 6.92 Å². The van der Waals surface area contributed by atoms with Gasteiger partial charge in [0.15, 0.2) is 17.1 Å². The molecule has 0 aliphatic carbocycles. The van der Waals surface area contributed by atoms with Crippen molar-refractivity contribution in [3.63, 3.8) is 0 Å². The molecule has 11 aromatic carbocycles. The summed E-state index contributed by atoms with van der Waals surface area (Å²) < 4.78 is 36.0. The number of nitrogens with zero attached hydrogens (tertiary/aromatic N) is 7. The molecule has 0 spiro atoms. The number of ether oxygens (including phenoxy) is 6. The highest BCUT2D eigenvalue weighted by molar-refractivity contribution is 7.99. The fourth-order valence-corrected chi connectivity index (χ4v) is 15.7. The number of methoxy groups -OCH3 is 5. The van der Waals surface area contributed by atoms with Gasteiger partial charge in [0.05, 0.1) is 92.8 Å². The molecule has 17 aromatic rings. The summed E-state index contributed by atoms with van der Waals surface area (Å²) in [5, 5.41) is 27.7. The summed E-state index contributed by atoms with van der Waals surface area (Å²) in [7, 11) is 9.29. The number of thiazole rings is 1. The number of imidazole rings is 1. The van der Waals surface area contributed by atoms with Crippen LogP contribution in [-0.2, 0) is 61.7 Å². The number of thioether (sulfide) groups is 1. The largest absolute Gasteiger partial charge is 0.497 e. The third-order valence-corrected chi connectivity index (χ3v) is 22.7. The summed E-state index contributed by atoms with van der Waals surface area (Å²) in [5.41, 5.74) is 11.0. The van der Waals surface area contributed by atoms with E-state index in [0.717, 1.165) is 67.4 Å². The van der Waals surface area contributed by atoms with Gasteiger partial charge in [-0.15, -0.1) is 22.7 Å². The number of hydrogen-bond acceptors (Lipinski definition) is 22.